The molecule has 0 atom stereocenters. The molecule has 2 heterocycles. The van der Waals surface area contributed by atoms with E-state index < -0.39 is 0 Å². The van der Waals surface area contributed by atoms with Gasteiger partial charge in [-0.3, -0.25) is 4.68 Å². The Morgan fingerprint density at radius 2 is 2.38 bits per heavy atom. The van der Waals surface area contributed by atoms with Gasteiger partial charge < -0.3 is 10.6 Å². The number of aromatic nitrogens is 2. The summed E-state index contributed by atoms with van der Waals surface area (Å²) in [7, 11) is 1.92. The number of hydrogen-bond donors (Lipinski definition) is 2. The Morgan fingerprint density at radius 1 is 1.54 bits per heavy atom. The molecule has 0 radical (unpaired) electrons. The highest BCUT2D eigenvalue weighted by molar-refractivity contribution is 5.45. The average molecular weight is 180 g/mol. The van der Waals surface area contributed by atoms with E-state index in [2.05, 4.69) is 27.3 Å². The van der Waals surface area contributed by atoms with Crippen LogP contribution in [0.15, 0.2) is 0 Å². The summed E-state index contributed by atoms with van der Waals surface area (Å²) in [6.45, 7) is 5.20. The van der Waals surface area contributed by atoms with Gasteiger partial charge in [-0.05, 0) is 19.9 Å². The molecule has 4 nitrogen and oxygen atoms in total. The number of fused-ring (bicyclic) bond motifs is 1. The van der Waals surface area contributed by atoms with Gasteiger partial charge in [0.15, 0.2) is 5.82 Å². The third-order valence-corrected chi connectivity index (χ3v) is 2.57. The van der Waals surface area contributed by atoms with Crippen molar-refractivity contribution in [1.29, 1.82) is 0 Å². The SMILES string of the molecule is CNc1nn2c(c1C)CNCCC2. The summed E-state index contributed by atoms with van der Waals surface area (Å²) in [5.41, 5.74) is 2.60. The second kappa shape index (κ2) is 3.38. The zero-order chi connectivity index (χ0) is 9.26. The van der Waals surface area contributed by atoms with E-state index >= 15 is 0 Å². The lowest BCUT2D eigenvalue weighted by molar-refractivity contribution is 0.589. The second-order valence-electron chi connectivity index (χ2n) is 3.42. The Labute approximate surface area is 78.3 Å². The van der Waals surface area contributed by atoms with Crippen LogP contribution in [-0.4, -0.2) is 23.4 Å². The molecule has 0 saturated carbocycles. The Bertz CT molecular complexity index is 303. The minimum absolute atomic E-state index is 0.945. The Hall–Kier alpha value is -1.03. The van der Waals surface area contributed by atoms with Crippen molar-refractivity contribution in [1.82, 2.24) is 15.1 Å². The van der Waals surface area contributed by atoms with Crippen molar-refractivity contribution in [2.45, 2.75) is 26.4 Å². The lowest BCUT2D eigenvalue weighted by atomic mass is 10.2. The predicted octanol–water partition coefficient (Wildman–Crippen LogP) is 0.727. The lowest BCUT2D eigenvalue weighted by Crippen LogP contribution is -2.12. The summed E-state index contributed by atoms with van der Waals surface area (Å²) >= 11 is 0. The zero-order valence-electron chi connectivity index (χ0n) is 8.22. The monoisotopic (exact) mass is 180 g/mol. The Morgan fingerprint density at radius 3 is 3.15 bits per heavy atom. The number of nitrogens with zero attached hydrogens (tertiary/aromatic N) is 2. The highest BCUT2D eigenvalue weighted by atomic mass is 15.3. The van der Waals surface area contributed by atoms with Crippen molar-refractivity contribution >= 4 is 5.82 Å². The molecule has 1 aliphatic rings. The summed E-state index contributed by atoms with van der Waals surface area (Å²) in [5, 5.41) is 11.0. The summed E-state index contributed by atoms with van der Waals surface area (Å²) in [6.07, 6.45) is 1.16. The van der Waals surface area contributed by atoms with Gasteiger partial charge in [0, 0.05) is 25.7 Å². The fraction of sp³-hybridized carbons (Fsp3) is 0.667. The van der Waals surface area contributed by atoms with Crippen LogP contribution in [-0.2, 0) is 13.1 Å². The van der Waals surface area contributed by atoms with Crippen LogP contribution in [0, 0.1) is 6.92 Å². The molecule has 2 N–H and O–H groups in total. The van der Waals surface area contributed by atoms with E-state index in [1.165, 1.54) is 11.3 Å². The van der Waals surface area contributed by atoms with Crippen molar-refractivity contribution < 1.29 is 0 Å². The molecule has 0 amide bonds. The van der Waals surface area contributed by atoms with E-state index in [0.29, 0.717) is 0 Å². The van der Waals surface area contributed by atoms with E-state index in [-0.39, 0.29) is 0 Å². The fourth-order valence-electron chi connectivity index (χ4n) is 1.79. The van der Waals surface area contributed by atoms with E-state index in [1.807, 2.05) is 7.05 Å². The van der Waals surface area contributed by atoms with E-state index in [1.54, 1.807) is 0 Å². The third kappa shape index (κ3) is 1.42. The molecule has 0 saturated heterocycles. The van der Waals surface area contributed by atoms with Gasteiger partial charge in [0.1, 0.15) is 0 Å². The predicted molar refractivity (Wildman–Crippen MR) is 52.8 cm³/mol. The minimum Gasteiger partial charge on any atom is -0.371 e. The van der Waals surface area contributed by atoms with Gasteiger partial charge in [0.25, 0.3) is 0 Å². The highest BCUT2D eigenvalue weighted by Crippen LogP contribution is 2.18. The summed E-state index contributed by atoms with van der Waals surface area (Å²) in [4.78, 5) is 0. The van der Waals surface area contributed by atoms with Crippen LogP contribution in [0.1, 0.15) is 17.7 Å². The highest BCUT2D eigenvalue weighted by Gasteiger charge is 2.14. The first kappa shape index (κ1) is 8.56. The molecule has 0 unspecified atom stereocenters. The molecule has 0 fully saturated rings. The average Bonchev–Trinajstić information content (AvgIpc) is 2.37. The first-order valence-corrected chi connectivity index (χ1v) is 4.77. The molecule has 0 spiro atoms. The van der Waals surface area contributed by atoms with Crippen LogP contribution < -0.4 is 10.6 Å². The molecule has 1 aromatic rings. The summed E-state index contributed by atoms with van der Waals surface area (Å²) in [6, 6.07) is 0. The summed E-state index contributed by atoms with van der Waals surface area (Å²) in [5.74, 6) is 1.01. The topological polar surface area (TPSA) is 41.9 Å². The molecule has 1 aliphatic heterocycles. The maximum atomic E-state index is 4.49. The zero-order valence-corrected chi connectivity index (χ0v) is 8.22. The molecule has 13 heavy (non-hydrogen) atoms. The van der Waals surface area contributed by atoms with Crippen molar-refractivity contribution in [3.63, 3.8) is 0 Å². The van der Waals surface area contributed by atoms with Gasteiger partial charge in [-0.15, -0.1) is 0 Å². The maximum absolute atomic E-state index is 4.49. The van der Waals surface area contributed by atoms with Gasteiger partial charge in [-0.1, -0.05) is 0 Å². The van der Waals surface area contributed by atoms with Crippen LogP contribution in [0.3, 0.4) is 0 Å². The van der Waals surface area contributed by atoms with Gasteiger partial charge in [0.05, 0.1) is 5.69 Å². The van der Waals surface area contributed by atoms with Crippen LogP contribution in [0.4, 0.5) is 5.82 Å². The molecule has 0 aromatic carbocycles. The molecular formula is C9H16N4. The number of rotatable bonds is 1. The van der Waals surface area contributed by atoms with Gasteiger partial charge in [-0.2, -0.15) is 5.10 Å². The maximum Gasteiger partial charge on any atom is 0.151 e. The number of anilines is 1. The van der Waals surface area contributed by atoms with Crippen LogP contribution >= 0.6 is 0 Å². The molecule has 1 aromatic heterocycles. The summed E-state index contributed by atoms with van der Waals surface area (Å²) < 4.78 is 2.11. The first-order chi connectivity index (χ1) is 6.33. The Balaban J connectivity index is 2.38. The van der Waals surface area contributed by atoms with Crippen LogP contribution in [0.25, 0.3) is 0 Å². The van der Waals surface area contributed by atoms with Gasteiger partial charge in [0.2, 0.25) is 0 Å². The van der Waals surface area contributed by atoms with E-state index in [4.69, 9.17) is 0 Å². The van der Waals surface area contributed by atoms with E-state index in [0.717, 1.165) is 31.9 Å². The minimum atomic E-state index is 0.945. The quantitative estimate of drug-likeness (QED) is 0.669. The van der Waals surface area contributed by atoms with Gasteiger partial charge >= 0.3 is 0 Å². The number of aryl methyl sites for hydroxylation is 1. The number of nitrogens with one attached hydrogen (secondary N) is 2. The second-order valence-corrected chi connectivity index (χ2v) is 3.42. The van der Waals surface area contributed by atoms with Crippen molar-refractivity contribution in [2.24, 2.45) is 0 Å². The standard InChI is InChI=1S/C9H16N4/c1-7-8-6-11-4-3-5-13(8)12-9(7)10-2/h11H,3-6H2,1-2H3,(H,10,12). The normalized spacial score (nSPS) is 16.5. The van der Waals surface area contributed by atoms with Crippen LogP contribution in [0.2, 0.25) is 0 Å². The lowest BCUT2D eigenvalue weighted by Gasteiger charge is -2.00. The molecule has 2 rings (SSSR count). The van der Waals surface area contributed by atoms with E-state index in [9.17, 15) is 0 Å². The smallest absolute Gasteiger partial charge is 0.151 e. The molecule has 0 aliphatic carbocycles. The first-order valence-electron chi connectivity index (χ1n) is 4.77. The van der Waals surface area contributed by atoms with Gasteiger partial charge in [-0.25, -0.2) is 0 Å². The van der Waals surface area contributed by atoms with Crippen LogP contribution in [0.5, 0.6) is 0 Å². The van der Waals surface area contributed by atoms with Crippen molar-refractivity contribution in [2.75, 3.05) is 18.9 Å². The molecular weight excluding hydrogens is 164 g/mol. The Kier molecular flexibility index (Phi) is 2.22. The van der Waals surface area contributed by atoms with Crippen molar-refractivity contribution in [3.8, 4) is 0 Å². The largest absolute Gasteiger partial charge is 0.371 e. The van der Waals surface area contributed by atoms with Crippen molar-refractivity contribution in [3.05, 3.63) is 11.3 Å². The third-order valence-electron chi connectivity index (χ3n) is 2.57. The number of hydrogen-bond acceptors (Lipinski definition) is 3. The molecule has 72 valence electrons. The molecule has 0 bridgehead atoms. The fourth-order valence-corrected chi connectivity index (χ4v) is 1.79. The molecule has 4 heteroatoms.